The molecule has 0 unspecified atom stereocenters. The summed E-state index contributed by atoms with van der Waals surface area (Å²) in [5, 5.41) is 34.5. The van der Waals surface area contributed by atoms with Crippen LogP contribution in [0.25, 0.3) is 10.4 Å². The molecule has 0 spiro atoms. The molecule has 12 heteroatoms. The summed E-state index contributed by atoms with van der Waals surface area (Å²) in [6, 6.07) is 0.966. The quantitative estimate of drug-likeness (QED) is 0.261. The third kappa shape index (κ3) is 2.28. The molecule has 0 aliphatic carbocycles. The van der Waals surface area contributed by atoms with Crippen LogP contribution in [0.15, 0.2) is 17.2 Å². The number of hydrogen-bond acceptors (Lipinski definition) is 7. The molecule has 0 N–H and O–H groups in total. The zero-order chi connectivity index (χ0) is 13.9. The van der Waals surface area contributed by atoms with Gasteiger partial charge >= 0.3 is 0 Å². The number of nitrogens with zero attached hydrogens (tertiary/aromatic N) is 6. The van der Waals surface area contributed by atoms with Gasteiger partial charge in [-0.1, -0.05) is 0 Å². The Balaban J connectivity index is 3.76. The second-order valence-electron chi connectivity index (χ2n) is 2.79. The minimum atomic E-state index is -1.11. The van der Waals surface area contributed by atoms with E-state index >= 15 is 0 Å². The summed E-state index contributed by atoms with van der Waals surface area (Å²) in [5.41, 5.74) is 4.46. The predicted molar refractivity (Wildman–Crippen MR) is 55.2 cm³/mol. The number of non-ortho nitro benzene ring substituents is 1. The Hall–Kier alpha value is -3.27. The fourth-order valence-electron chi connectivity index (χ4n) is 1.12. The molecule has 0 saturated carbocycles. The second kappa shape index (κ2) is 4.71. The molecule has 1 rings (SSSR count). The lowest BCUT2D eigenvalue weighted by Gasteiger charge is -1.98. The van der Waals surface area contributed by atoms with Crippen LogP contribution in [-0.4, -0.2) is 14.8 Å². The van der Waals surface area contributed by atoms with Crippen LogP contribution in [0.4, 0.5) is 22.7 Å². The molecule has 0 aliphatic heterocycles. The maximum absolute atomic E-state index is 10.6. The second-order valence-corrected chi connectivity index (χ2v) is 2.79. The summed E-state index contributed by atoms with van der Waals surface area (Å²) in [5.74, 6) is 0. The number of benzene rings is 1. The van der Waals surface area contributed by atoms with Gasteiger partial charge < -0.3 is 0 Å². The van der Waals surface area contributed by atoms with Gasteiger partial charge in [0.15, 0.2) is 5.69 Å². The normalized spacial score (nSPS) is 9.33. The maximum Gasteiger partial charge on any atom is 0.292 e. The van der Waals surface area contributed by atoms with E-state index in [1.165, 1.54) is 0 Å². The van der Waals surface area contributed by atoms with Crippen molar-refractivity contribution < 1.29 is 14.8 Å². The lowest BCUT2D eigenvalue weighted by atomic mass is 10.2. The van der Waals surface area contributed by atoms with Crippen molar-refractivity contribution in [2.75, 3.05) is 0 Å². The van der Waals surface area contributed by atoms with E-state index in [0.29, 0.717) is 12.1 Å². The van der Waals surface area contributed by atoms with E-state index in [9.17, 15) is 30.3 Å². The van der Waals surface area contributed by atoms with Gasteiger partial charge in [-0.05, 0) is 10.6 Å². The summed E-state index contributed by atoms with van der Waals surface area (Å²) in [6.07, 6.45) is 0. The number of nitro benzene ring substituents is 3. The average Bonchev–Trinajstić information content (AvgIpc) is 2.28. The van der Waals surface area contributed by atoms with Gasteiger partial charge in [0, 0.05) is 4.91 Å². The van der Waals surface area contributed by atoms with Crippen molar-refractivity contribution in [2.24, 2.45) is 5.11 Å². The topological polar surface area (TPSA) is 178 Å². The van der Waals surface area contributed by atoms with Crippen LogP contribution in [0.3, 0.4) is 0 Å². The molecule has 92 valence electrons. The molecular formula is C6H2N6O6. The van der Waals surface area contributed by atoms with Crippen LogP contribution in [0.1, 0.15) is 0 Å². The first-order valence-electron chi connectivity index (χ1n) is 4.04. The minimum Gasteiger partial charge on any atom is -0.258 e. The van der Waals surface area contributed by atoms with E-state index < -0.39 is 37.5 Å². The summed E-state index contributed by atoms with van der Waals surface area (Å²) in [7, 11) is 0. The number of azide groups is 1. The van der Waals surface area contributed by atoms with E-state index in [1.807, 2.05) is 0 Å². The molecule has 12 nitrogen and oxygen atoms in total. The molecule has 1 aromatic rings. The molecule has 1 aromatic carbocycles. The van der Waals surface area contributed by atoms with Crippen LogP contribution in [0, 0.1) is 30.3 Å². The van der Waals surface area contributed by atoms with Gasteiger partial charge in [0.05, 0.1) is 26.9 Å². The third-order valence-corrected chi connectivity index (χ3v) is 1.80. The molecular weight excluding hydrogens is 252 g/mol. The Kier molecular flexibility index (Phi) is 3.35. The maximum atomic E-state index is 10.6. The van der Waals surface area contributed by atoms with Crippen molar-refractivity contribution >= 4 is 22.7 Å². The molecule has 0 atom stereocenters. The van der Waals surface area contributed by atoms with E-state index in [2.05, 4.69) is 10.0 Å². The molecule has 0 saturated heterocycles. The monoisotopic (exact) mass is 254 g/mol. The van der Waals surface area contributed by atoms with E-state index in [1.54, 1.807) is 0 Å². The van der Waals surface area contributed by atoms with E-state index in [0.717, 1.165) is 0 Å². The molecule has 0 fully saturated rings. The largest absolute Gasteiger partial charge is 0.292 e. The highest BCUT2D eigenvalue weighted by atomic mass is 16.6. The third-order valence-electron chi connectivity index (χ3n) is 1.80. The van der Waals surface area contributed by atoms with Crippen LogP contribution in [0.2, 0.25) is 0 Å². The van der Waals surface area contributed by atoms with E-state index in [-0.39, 0.29) is 0 Å². The molecule has 0 radical (unpaired) electrons. The highest BCUT2D eigenvalue weighted by molar-refractivity contribution is 5.73. The Morgan fingerprint density at radius 3 is 1.72 bits per heavy atom. The van der Waals surface area contributed by atoms with Crippen molar-refractivity contribution in [3.05, 3.63) is 52.9 Å². The summed E-state index contributed by atoms with van der Waals surface area (Å²) in [4.78, 5) is 30.7. The highest BCUT2D eigenvalue weighted by Crippen LogP contribution is 2.40. The Labute approximate surface area is 96.5 Å². The summed E-state index contributed by atoms with van der Waals surface area (Å²) >= 11 is 0. The predicted octanol–water partition coefficient (Wildman–Crippen LogP) is 2.35. The van der Waals surface area contributed by atoms with Gasteiger partial charge in [0.1, 0.15) is 0 Å². The molecule has 0 aromatic heterocycles. The highest BCUT2D eigenvalue weighted by Gasteiger charge is 2.29. The number of nitro groups is 3. The number of rotatable bonds is 4. The van der Waals surface area contributed by atoms with Crippen molar-refractivity contribution in [3.8, 4) is 0 Å². The minimum absolute atomic E-state index is 0.483. The Morgan fingerprint density at radius 1 is 1.00 bits per heavy atom. The van der Waals surface area contributed by atoms with Gasteiger partial charge in [-0.15, -0.1) is 0 Å². The van der Waals surface area contributed by atoms with Gasteiger partial charge in [0.25, 0.3) is 17.1 Å². The fraction of sp³-hybridized carbons (Fsp3) is 0. The molecule has 0 heterocycles. The SMILES string of the molecule is [N-]=[N+]=Nc1c([N+](=O)[O-])cc([N+](=O)[O-])cc1[N+](=O)[O-]. The molecule has 0 aliphatic rings. The number of hydrogen-bond donors (Lipinski definition) is 0. The Bertz CT molecular complexity index is 570. The zero-order valence-corrected chi connectivity index (χ0v) is 8.29. The summed E-state index contributed by atoms with van der Waals surface area (Å²) in [6.45, 7) is 0. The van der Waals surface area contributed by atoms with E-state index in [4.69, 9.17) is 5.53 Å². The van der Waals surface area contributed by atoms with Crippen LogP contribution >= 0.6 is 0 Å². The lowest BCUT2D eigenvalue weighted by Crippen LogP contribution is -1.97. The molecule has 0 amide bonds. The molecule has 18 heavy (non-hydrogen) atoms. The van der Waals surface area contributed by atoms with Gasteiger partial charge in [0.2, 0.25) is 0 Å². The first kappa shape index (κ1) is 12.8. The van der Waals surface area contributed by atoms with Gasteiger partial charge in [-0.3, -0.25) is 30.3 Å². The molecule has 0 bridgehead atoms. The van der Waals surface area contributed by atoms with Crippen molar-refractivity contribution in [1.82, 2.24) is 0 Å². The zero-order valence-electron chi connectivity index (χ0n) is 8.29. The lowest BCUT2D eigenvalue weighted by molar-refractivity contribution is -0.402. The van der Waals surface area contributed by atoms with Crippen molar-refractivity contribution in [3.63, 3.8) is 0 Å². The standard InChI is InChI=1S/C6H2N6O6/c7-9-8-6-4(11(15)16)1-3(10(13)14)2-5(6)12(17)18/h1-2H. The van der Waals surface area contributed by atoms with Crippen molar-refractivity contribution in [2.45, 2.75) is 0 Å². The fourth-order valence-corrected chi connectivity index (χ4v) is 1.12. The first-order valence-corrected chi connectivity index (χ1v) is 4.04. The van der Waals surface area contributed by atoms with Crippen molar-refractivity contribution in [1.29, 1.82) is 0 Å². The van der Waals surface area contributed by atoms with Gasteiger partial charge in [-0.25, -0.2) is 0 Å². The Morgan fingerprint density at radius 2 is 1.44 bits per heavy atom. The van der Waals surface area contributed by atoms with Crippen LogP contribution in [-0.2, 0) is 0 Å². The summed E-state index contributed by atoms with van der Waals surface area (Å²) < 4.78 is 0. The van der Waals surface area contributed by atoms with Crippen LogP contribution in [0.5, 0.6) is 0 Å². The van der Waals surface area contributed by atoms with Crippen LogP contribution < -0.4 is 0 Å². The first-order chi connectivity index (χ1) is 8.38. The van der Waals surface area contributed by atoms with Gasteiger partial charge in [-0.2, -0.15) is 0 Å². The average molecular weight is 254 g/mol. The smallest absolute Gasteiger partial charge is 0.258 e.